The number of benzene rings is 6. The molecule has 80 heavy (non-hydrogen) atoms. The molecule has 0 heterocycles. The van der Waals surface area contributed by atoms with Crippen molar-refractivity contribution in [1.82, 2.24) is 0 Å². The Morgan fingerprint density at radius 3 is 0.688 bits per heavy atom. The van der Waals surface area contributed by atoms with Crippen molar-refractivity contribution in [1.29, 1.82) is 0 Å². The third-order valence-electron chi connectivity index (χ3n) is 13.4. The number of para-hydroxylation sites is 4. The predicted molar refractivity (Wildman–Crippen MR) is 342 cm³/mol. The van der Waals surface area contributed by atoms with E-state index in [4.69, 9.17) is 34.1 Å². The molecule has 0 aliphatic heterocycles. The van der Waals surface area contributed by atoms with Crippen LogP contribution < -0.4 is 0 Å². The largest absolute Gasteiger partial charge is 3.00 e. The molecule has 6 heteroatoms. The Hall–Kier alpha value is -5.84. The van der Waals surface area contributed by atoms with Crippen molar-refractivity contribution in [3.63, 3.8) is 0 Å². The molecule has 0 aromatic heterocycles. The molecule has 6 aromatic rings. The molecule has 6 rings (SSSR count). The molecule has 2 atom stereocenters. The van der Waals surface area contributed by atoms with Crippen LogP contribution in [0.2, 0.25) is 0 Å². The van der Waals surface area contributed by atoms with Gasteiger partial charge in [0.2, 0.25) is 0 Å². The normalized spacial score (nSPS) is 12.0. The molecule has 2 unspecified atom stereocenters. The van der Waals surface area contributed by atoms with Crippen LogP contribution in [0.15, 0.2) is 157 Å². The molecule has 0 saturated heterocycles. The molecule has 424 valence electrons. The zero-order valence-corrected chi connectivity index (χ0v) is 54.5. The Kier molecular flexibility index (Phi) is 32.9. The van der Waals surface area contributed by atoms with E-state index in [1.807, 2.05) is 60.7 Å². The van der Waals surface area contributed by atoms with E-state index in [1.165, 1.54) is 44.5 Å². The van der Waals surface area contributed by atoms with Crippen molar-refractivity contribution in [2.24, 2.45) is 0 Å². The van der Waals surface area contributed by atoms with E-state index in [-0.39, 0.29) is 46.2 Å². The van der Waals surface area contributed by atoms with Crippen LogP contribution in [0.25, 0.3) is 21.3 Å². The fourth-order valence-electron chi connectivity index (χ4n) is 9.25. The average molecular weight is 1150 g/mol. The molecular weight excluding hydrogens is 1050 g/mol. The molecule has 0 bridgehead atoms. The maximum absolute atomic E-state index is 6.69. The summed E-state index contributed by atoms with van der Waals surface area (Å²) in [6.07, 6.45) is 17.8. The second-order valence-corrected chi connectivity index (χ2v) is 22.9. The van der Waals surface area contributed by atoms with Crippen molar-refractivity contribution in [3.8, 4) is 11.8 Å². The van der Waals surface area contributed by atoms with E-state index in [9.17, 15) is 0 Å². The van der Waals surface area contributed by atoms with Gasteiger partial charge in [0.1, 0.15) is 0 Å². The van der Waals surface area contributed by atoms with Crippen molar-refractivity contribution in [2.75, 3.05) is 0 Å². The van der Waals surface area contributed by atoms with E-state index >= 15 is 0 Å². The average Bonchev–Trinajstić information content (AvgIpc) is 3.39. The summed E-state index contributed by atoms with van der Waals surface area (Å²) in [7, 11) is 0. The first-order valence-electron chi connectivity index (χ1n) is 28.6. The first-order chi connectivity index (χ1) is 36.9. The molecule has 0 saturated carbocycles. The molecule has 0 fully saturated rings. The van der Waals surface area contributed by atoms with Gasteiger partial charge < -0.3 is 34.1 Å². The summed E-state index contributed by atoms with van der Waals surface area (Å²) in [5, 5.41) is 20.5. The van der Waals surface area contributed by atoms with Crippen molar-refractivity contribution in [3.05, 3.63) is 247 Å². The minimum absolute atomic E-state index is 0. The number of rotatable bonds is 18. The van der Waals surface area contributed by atoms with E-state index < -0.39 is 0 Å². The van der Waals surface area contributed by atoms with Gasteiger partial charge in [-0.1, -0.05) is 292 Å². The van der Waals surface area contributed by atoms with Gasteiger partial charge in [-0.25, -0.2) is 0 Å². The first kappa shape index (κ1) is 72.2. The van der Waals surface area contributed by atoms with E-state index in [1.54, 1.807) is 0 Å². The molecule has 0 aliphatic rings. The van der Waals surface area contributed by atoms with Gasteiger partial charge >= 0.3 is 34.1 Å². The quantitative estimate of drug-likeness (QED) is 0.0468. The number of nitrogens with zero attached hydrogens (tertiary/aromatic N) is 4. The van der Waals surface area contributed by atoms with Crippen LogP contribution >= 0.6 is 0 Å². The Bertz CT molecular complexity index is 2590. The third kappa shape index (κ3) is 23.0. The van der Waals surface area contributed by atoms with Gasteiger partial charge in [-0.15, -0.1) is 82.4 Å². The SMILES string of the molecule is C/C(=C/C(C)[N-]c1c(C(C)C)cccc1C(C)C)[N-]c1c(C(C)C)cccc1C(C)C.C/C(=C/C(C)[N-]c1c(C(C)C)cccc1C(C)C)[N-]c1c(C(C)C)cccc1C(C)C.[C-]#Cc1ccccc1.[C-]#Cc1ccccc1.[Mn+3].[Mn+3]. The van der Waals surface area contributed by atoms with Crippen LogP contribution in [0.1, 0.15) is 241 Å². The first-order valence-corrected chi connectivity index (χ1v) is 28.6. The fraction of sp³-hybridized carbons (Fsp3) is 0.405. The van der Waals surface area contributed by atoms with Crippen LogP contribution in [-0.2, 0) is 34.1 Å². The molecular formula is C74H94Mn2N4. The maximum atomic E-state index is 6.69. The van der Waals surface area contributed by atoms with Gasteiger partial charge in [0.05, 0.1) is 0 Å². The topological polar surface area (TPSA) is 56.4 Å². The molecule has 0 spiro atoms. The molecule has 0 radical (unpaired) electrons. The predicted octanol–water partition coefficient (Wildman–Crippen LogP) is 23.6. The molecule has 4 nitrogen and oxygen atoms in total. The van der Waals surface area contributed by atoms with Crippen LogP contribution in [0.3, 0.4) is 0 Å². The number of hydrogen-bond donors (Lipinski definition) is 0. The van der Waals surface area contributed by atoms with Crippen LogP contribution in [0.5, 0.6) is 0 Å². The van der Waals surface area contributed by atoms with Gasteiger partial charge in [-0.05, 0) is 47.3 Å². The van der Waals surface area contributed by atoms with Crippen LogP contribution in [0, 0.1) is 24.7 Å². The summed E-state index contributed by atoms with van der Waals surface area (Å²) in [5.74, 6) is 8.13. The zero-order chi connectivity index (χ0) is 58.2. The summed E-state index contributed by atoms with van der Waals surface area (Å²) in [6.45, 7) is 44.4. The van der Waals surface area contributed by atoms with Crippen molar-refractivity contribution < 1.29 is 34.1 Å². The van der Waals surface area contributed by atoms with Crippen LogP contribution in [-0.4, -0.2) is 12.1 Å². The van der Waals surface area contributed by atoms with Gasteiger partial charge in [-0.3, -0.25) is 11.8 Å². The van der Waals surface area contributed by atoms with Gasteiger partial charge in [0.15, 0.2) is 0 Å². The Labute approximate surface area is 510 Å². The summed E-state index contributed by atoms with van der Waals surface area (Å²) in [6, 6.07) is 45.3. The van der Waals surface area contributed by atoms with Gasteiger partial charge in [0, 0.05) is 0 Å². The van der Waals surface area contributed by atoms with Crippen LogP contribution in [0.4, 0.5) is 22.7 Å². The Morgan fingerprint density at radius 1 is 0.312 bits per heavy atom. The summed E-state index contributed by atoms with van der Waals surface area (Å²) in [4.78, 5) is 0. The van der Waals surface area contributed by atoms with E-state index in [0.717, 1.165) is 45.3 Å². The molecule has 0 amide bonds. The smallest absolute Gasteiger partial charge is 0.678 e. The third-order valence-corrected chi connectivity index (χ3v) is 13.4. The molecule has 6 aromatic carbocycles. The number of allylic oxidation sites excluding steroid dienone is 2. The second-order valence-electron chi connectivity index (χ2n) is 22.9. The molecule has 0 aliphatic carbocycles. The van der Waals surface area contributed by atoms with Crippen molar-refractivity contribution >= 4 is 22.7 Å². The second kappa shape index (κ2) is 36.5. The minimum atomic E-state index is 0. The maximum Gasteiger partial charge on any atom is 3.00 e. The van der Waals surface area contributed by atoms with Gasteiger partial charge in [-0.2, -0.15) is 11.4 Å². The Balaban J connectivity index is 0.000000611. The fourth-order valence-corrected chi connectivity index (χ4v) is 9.25. The summed E-state index contributed by atoms with van der Waals surface area (Å²) < 4.78 is 0. The summed E-state index contributed by atoms with van der Waals surface area (Å²) >= 11 is 0. The minimum Gasteiger partial charge on any atom is -0.678 e. The Morgan fingerprint density at radius 2 is 0.512 bits per heavy atom. The number of hydrogen-bond acceptors (Lipinski definition) is 0. The van der Waals surface area contributed by atoms with Crippen molar-refractivity contribution in [2.45, 2.75) is 198 Å². The van der Waals surface area contributed by atoms with E-state index in [2.05, 4.69) is 235 Å². The monoisotopic (exact) mass is 1150 g/mol. The van der Waals surface area contributed by atoms with Gasteiger partial charge in [0.25, 0.3) is 0 Å². The zero-order valence-electron chi connectivity index (χ0n) is 52.2. The summed E-state index contributed by atoms with van der Waals surface area (Å²) in [5.41, 5.74) is 18.9. The molecule has 0 N–H and O–H groups in total. The standard InChI is InChI=1S/2C29H42N2.2C8H5.2Mn/c2*1-18(2)24-13-11-14-25(19(3)4)28(24)30-22(9)17-23(10)31-29-26(20(5)6)15-12-16-27(29)21(7)8;2*1-2-8-6-4-3-5-7-8;;/h2*11-22H,1-10H3;2*3-7H;;/q2*-2;2*-1;2*+3/b2*23-17-;;;;. The van der Waals surface area contributed by atoms with E-state index in [0.29, 0.717) is 47.3 Å².